The Balaban J connectivity index is 1.51. The molecule has 0 saturated carbocycles. The lowest BCUT2D eigenvalue weighted by Gasteiger charge is -2.33. The van der Waals surface area contributed by atoms with Gasteiger partial charge in [0.15, 0.2) is 5.82 Å². The quantitative estimate of drug-likeness (QED) is 0.406. The zero-order valence-electron chi connectivity index (χ0n) is 19.9. The van der Waals surface area contributed by atoms with Crippen LogP contribution in [-0.4, -0.2) is 30.6 Å². The Bertz CT molecular complexity index is 1180. The minimum absolute atomic E-state index is 0.150. The molecule has 0 saturated heterocycles. The van der Waals surface area contributed by atoms with Crippen molar-refractivity contribution >= 4 is 17.4 Å². The first-order valence-corrected chi connectivity index (χ1v) is 11.6. The van der Waals surface area contributed by atoms with Crippen molar-refractivity contribution in [1.82, 2.24) is 10.5 Å². The fourth-order valence-electron chi connectivity index (χ4n) is 3.93. The lowest BCUT2D eigenvalue weighted by Crippen LogP contribution is -2.33. The molecule has 1 aliphatic heterocycles. The summed E-state index contributed by atoms with van der Waals surface area (Å²) in [4.78, 5) is 23.6. The highest BCUT2D eigenvalue weighted by Gasteiger charge is 2.30. The number of pyridine rings is 1. The molecule has 0 radical (unpaired) electrons. The van der Waals surface area contributed by atoms with Crippen LogP contribution in [0.1, 0.15) is 46.9 Å². The van der Waals surface area contributed by atoms with E-state index in [1.807, 2.05) is 24.0 Å². The number of nitrogens with zero attached hydrogens (tertiary/aromatic N) is 2. The first kappa shape index (κ1) is 25.3. The Labute approximate surface area is 207 Å². The van der Waals surface area contributed by atoms with Crippen LogP contribution in [0.4, 0.5) is 24.7 Å². The Morgan fingerprint density at radius 1 is 1.14 bits per heavy atom. The van der Waals surface area contributed by atoms with E-state index in [2.05, 4.69) is 15.8 Å². The second-order valence-corrected chi connectivity index (χ2v) is 8.32. The third-order valence-electron chi connectivity index (χ3n) is 5.81. The number of hydrogen-bond donors (Lipinski definition) is 2. The number of fused-ring (bicyclic) bond motifs is 1. The number of ether oxygens (including phenoxy) is 1. The van der Waals surface area contributed by atoms with E-state index in [9.17, 15) is 18.0 Å². The summed E-state index contributed by atoms with van der Waals surface area (Å²) in [5.41, 5.74) is 4.61. The fourth-order valence-corrected chi connectivity index (χ4v) is 3.93. The van der Waals surface area contributed by atoms with Gasteiger partial charge in [0.25, 0.3) is 5.91 Å². The summed E-state index contributed by atoms with van der Waals surface area (Å²) in [6.07, 6.45) is -2.72. The molecule has 1 aliphatic rings. The van der Waals surface area contributed by atoms with Gasteiger partial charge in [0, 0.05) is 24.4 Å². The molecule has 1 aromatic heterocycles. The molecule has 0 spiro atoms. The van der Waals surface area contributed by atoms with Crippen LogP contribution >= 0.6 is 0 Å². The molecule has 190 valence electrons. The summed E-state index contributed by atoms with van der Waals surface area (Å²) in [6.45, 7) is 5.55. The van der Waals surface area contributed by atoms with Crippen LogP contribution in [0.5, 0.6) is 5.75 Å². The number of amides is 1. The number of nitrogens with one attached hydrogen (secondary N) is 2. The van der Waals surface area contributed by atoms with Gasteiger partial charge in [-0.2, -0.15) is 13.2 Å². The smallest absolute Gasteiger partial charge is 0.416 e. The lowest BCUT2D eigenvalue weighted by atomic mass is 10.1. The van der Waals surface area contributed by atoms with Crippen LogP contribution in [0.3, 0.4) is 0 Å². The number of halogens is 3. The predicted octanol–water partition coefficient (Wildman–Crippen LogP) is 5.35. The largest absolute Gasteiger partial charge is 0.489 e. The standard InChI is InChI=1S/C26H27F3N4O3/c1-3-36-32-25(34)20-8-6-19(7-9-20)17(2)31-24-23-22(12-13-30-24)35-15-14-33(23)16-18-4-10-21(11-5-18)26(27,28)29/h4-13,17H,3,14-16H2,1-2H3,(H,30,31)(H,32,34). The number of anilines is 2. The molecule has 2 aromatic carbocycles. The SMILES string of the molecule is CCONC(=O)c1ccc(C(C)Nc2nccc3c2N(Cc2ccc(C(F)(F)F)cc2)CCO3)cc1. The van der Waals surface area contributed by atoms with Gasteiger partial charge in [-0.1, -0.05) is 24.3 Å². The zero-order valence-corrected chi connectivity index (χ0v) is 19.9. The van der Waals surface area contributed by atoms with Crippen LogP contribution in [-0.2, 0) is 17.6 Å². The molecule has 2 heterocycles. The number of rotatable bonds is 8. The molecule has 1 atom stereocenters. The number of alkyl halides is 3. The van der Waals surface area contributed by atoms with Crippen molar-refractivity contribution in [2.24, 2.45) is 0 Å². The van der Waals surface area contributed by atoms with Gasteiger partial charge in [-0.25, -0.2) is 10.5 Å². The average molecular weight is 501 g/mol. The summed E-state index contributed by atoms with van der Waals surface area (Å²) in [7, 11) is 0. The average Bonchev–Trinajstić information content (AvgIpc) is 2.87. The van der Waals surface area contributed by atoms with Gasteiger partial charge >= 0.3 is 6.18 Å². The van der Waals surface area contributed by atoms with Gasteiger partial charge in [0.2, 0.25) is 0 Å². The molecule has 1 amide bonds. The molecule has 7 nitrogen and oxygen atoms in total. The summed E-state index contributed by atoms with van der Waals surface area (Å²) in [5, 5.41) is 3.41. The highest BCUT2D eigenvalue weighted by molar-refractivity contribution is 5.93. The minimum atomic E-state index is -4.37. The van der Waals surface area contributed by atoms with Crippen LogP contribution in [0.2, 0.25) is 0 Å². The lowest BCUT2D eigenvalue weighted by molar-refractivity contribution is -0.137. The van der Waals surface area contributed by atoms with Crippen molar-refractivity contribution in [1.29, 1.82) is 0 Å². The maximum atomic E-state index is 12.9. The summed E-state index contributed by atoms with van der Waals surface area (Å²) in [6, 6.07) is 13.9. The van der Waals surface area contributed by atoms with E-state index in [-0.39, 0.29) is 11.9 Å². The van der Waals surface area contributed by atoms with Gasteiger partial charge in [0.1, 0.15) is 18.0 Å². The van der Waals surface area contributed by atoms with E-state index < -0.39 is 11.7 Å². The van der Waals surface area contributed by atoms with E-state index in [1.54, 1.807) is 31.3 Å². The number of benzene rings is 2. The number of hydrogen-bond acceptors (Lipinski definition) is 6. The summed E-state index contributed by atoms with van der Waals surface area (Å²) in [5.74, 6) is 0.935. The third kappa shape index (κ3) is 5.88. The Hall–Kier alpha value is -3.79. The number of aromatic nitrogens is 1. The second kappa shape index (κ2) is 10.9. The number of hydroxylamine groups is 1. The van der Waals surface area contributed by atoms with Gasteiger partial charge in [-0.3, -0.25) is 9.63 Å². The molecule has 10 heteroatoms. The van der Waals surface area contributed by atoms with Crippen molar-refractivity contribution in [3.05, 3.63) is 83.0 Å². The maximum absolute atomic E-state index is 12.9. The Kier molecular flexibility index (Phi) is 7.64. The van der Waals surface area contributed by atoms with Crippen LogP contribution in [0.15, 0.2) is 60.8 Å². The van der Waals surface area contributed by atoms with Crippen molar-refractivity contribution in [3.63, 3.8) is 0 Å². The van der Waals surface area contributed by atoms with Crippen LogP contribution < -0.4 is 20.4 Å². The highest BCUT2D eigenvalue weighted by Crippen LogP contribution is 2.39. The monoisotopic (exact) mass is 500 g/mol. The molecule has 0 aliphatic carbocycles. The van der Waals surface area contributed by atoms with Gasteiger partial charge in [-0.15, -0.1) is 0 Å². The molecule has 36 heavy (non-hydrogen) atoms. The molecule has 4 rings (SSSR count). The number of carbonyl (C=O) groups excluding carboxylic acids is 1. The number of carbonyl (C=O) groups is 1. The van der Waals surface area contributed by atoms with E-state index >= 15 is 0 Å². The van der Waals surface area contributed by atoms with Gasteiger partial charge < -0.3 is 15.0 Å². The Morgan fingerprint density at radius 2 is 1.86 bits per heavy atom. The minimum Gasteiger partial charge on any atom is -0.489 e. The van der Waals surface area contributed by atoms with E-state index in [1.165, 1.54) is 12.1 Å². The predicted molar refractivity (Wildman–Crippen MR) is 130 cm³/mol. The first-order chi connectivity index (χ1) is 17.3. The van der Waals surface area contributed by atoms with Crippen molar-refractivity contribution < 1.29 is 27.5 Å². The van der Waals surface area contributed by atoms with Gasteiger partial charge in [-0.05, 0) is 49.2 Å². The molecule has 0 fully saturated rings. The van der Waals surface area contributed by atoms with Crippen molar-refractivity contribution in [2.75, 3.05) is 30.0 Å². The molecule has 0 bridgehead atoms. The second-order valence-electron chi connectivity index (χ2n) is 8.32. The summed E-state index contributed by atoms with van der Waals surface area (Å²) >= 11 is 0. The highest BCUT2D eigenvalue weighted by atomic mass is 19.4. The maximum Gasteiger partial charge on any atom is 0.416 e. The topological polar surface area (TPSA) is 75.7 Å². The van der Waals surface area contributed by atoms with Gasteiger partial charge in [0.05, 0.1) is 24.8 Å². The van der Waals surface area contributed by atoms with Crippen LogP contribution in [0, 0.1) is 0 Å². The summed E-state index contributed by atoms with van der Waals surface area (Å²) < 4.78 is 44.6. The normalized spacial score (nSPS) is 14.0. The molecular formula is C26H27F3N4O3. The third-order valence-corrected chi connectivity index (χ3v) is 5.81. The van der Waals surface area contributed by atoms with E-state index in [4.69, 9.17) is 9.57 Å². The molecule has 3 aromatic rings. The van der Waals surface area contributed by atoms with Crippen LogP contribution in [0.25, 0.3) is 0 Å². The first-order valence-electron chi connectivity index (χ1n) is 11.6. The zero-order chi connectivity index (χ0) is 25.7. The van der Waals surface area contributed by atoms with Crippen molar-refractivity contribution in [2.45, 2.75) is 32.6 Å². The molecule has 2 N–H and O–H groups in total. The molecule has 1 unspecified atom stereocenters. The van der Waals surface area contributed by atoms with E-state index in [0.29, 0.717) is 43.4 Å². The fraction of sp³-hybridized carbons (Fsp3) is 0.308. The Morgan fingerprint density at radius 3 is 2.53 bits per heavy atom. The molecular weight excluding hydrogens is 473 g/mol. The van der Waals surface area contributed by atoms with Crippen molar-refractivity contribution in [3.8, 4) is 5.75 Å². The van der Waals surface area contributed by atoms with E-state index in [0.717, 1.165) is 28.9 Å².